The first kappa shape index (κ1) is 28.6. The van der Waals surface area contributed by atoms with Gasteiger partial charge in [-0.05, 0) is 79.5 Å². The highest BCUT2D eigenvalue weighted by Crippen LogP contribution is 2.27. The van der Waals surface area contributed by atoms with E-state index in [1.165, 1.54) is 36.8 Å². The van der Waals surface area contributed by atoms with E-state index in [0.29, 0.717) is 17.6 Å². The van der Waals surface area contributed by atoms with Gasteiger partial charge in [0.1, 0.15) is 5.82 Å². The molecule has 1 fully saturated rings. The van der Waals surface area contributed by atoms with Gasteiger partial charge in [0.05, 0.1) is 5.52 Å². The van der Waals surface area contributed by atoms with Crippen LogP contribution in [-0.4, -0.2) is 42.1 Å². The second kappa shape index (κ2) is 13.6. The Kier molecular flexibility index (Phi) is 9.50. The number of nitrogens with zero attached hydrogens (tertiary/aromatic N) is 3. The molecule has 1 aromatic heterocycles. The van der Waals surface area contributed by atoms with Crippen molar-refractivity contribution in [2.45, 2.75) is 76.8 Å². The summed E-state index contributed by atoms with van der Waals surface area (Å²) >= 11 is 0. The molecule has 3 aromatic carbocycles. The third kappa shape index (κ3) is 7.43. The van der Waals surface area contributed by atoms with Crippen molar-refractivity contribution < 1.29 is 4.79 Å². The van der Waals surface area contributed by atoms with E-state index < -0.39 is 0 Å². The summed E-state index contributed by atoms with van der Waals surface area (Å²) in [5.74, 6) is 1.59. The van der Waals surface area contributed by atoms with Crippen molar-refractivity contribution in [3.8, 4) is 11.1 Å². The van der Waals surface area contributed by atoms with Crippen LogP contribution in [0.1, 0.15) is 74.2 Å². The van der Waals surface area contributed by atoms with Gasteiger partial charge in [-0.3, -0.25) is 4.79 Å². The Hall–Kier alpha value is -3.93. The third-order valence-corrected chi connectivity index (χ3v) is 8.16. The van der Waals surface area contributed by atoms with Gasteiger partial charge >= 0.3 is 0 Å². The molecule has 1 aliphatic carbocycles. The van der Waals surface area contributed by atoms with Crippen molar-refractivity contribution in [1.82, 2.24) is 15.3 Å². The average molecular weight is 550 g/mol. The van der Waals surface area contributed by atoms with E-state index in [-0.39, 0.29) is 11.9 Å². The summed E-state index contributed by atoms with van der Waals surface area (Å²) in [6, 6.07) is 25.4. The van der Waals surface area contributed by atoms with Crippen LogP contribution in [0.25, 0.3) is 22.0 Å². The number of aryl methyl sites for hydroxylation is 1. The van der Waals surface area contributed by atoms with Crippen LogP contribution in [-0.2, 0) is 6.42 Å². The molecule has 1 aliphatic rings. The van der Waals surface area contributed by atoms with Crippen LogP contribution in [0.4, 0.5) is 11.8 Å². The molecule has 6 heteroatoms. The third-order valence-electron chi connectivity index (χ3n) is 8.16. The molecule has 0 aliphatic heterocycles. The standard InChI is InChI=1S/C35H43N5O/c1-4-5-6-7-10-25-13-15-26(16-14-25)27-17-19-28(20-18-27)34(41)36-29-21-23-30(24-22-29)37-35-38-32-12-9-8-11-31(32)33(39-35)40(2)3/h8-9,11-20,29-30H,4-7,10,21-24H2,1-3H3,(H,36,41)(H,37,38,39)/t29-,30+. The molecular formula is C35H43N5O. The number of hydrogen-bond acceptors (Lipinski definition) is 5. The lowest BCUT2D eigenvalue weighted by Crippen LogP contribution is -2.40. The fraction of sp³-hybridized carbons (Fsp3) is 0.400. The van der Waals surface area contributed by atoms with Gasteiger partial charge in [-0.2, -0.15) is 4.98 Å². The Morgan fingerprint density at radius 2 is 1.46 bits per heavy atom. The van der Waals surface area contributed by atoms with Gasteiger partial charge in [-0.1, -0.05) is 74.7 Å². The van der Waals surface area contributed by atoms with E-state index in [1.54, 1.807) is 0 Å². The molecular weight excluding hydrogens is 506 g/mol. The first-order valence-electron chi connectivity index (χ1n) is 15.2. The minimum Gasteiger partial charge on any atom is -0.362 e. The molecule has 2 N–H and O–H groups in total. The number of fused-ring (bicyclic) bond motifs is 1. The Balaban J connectivity index is 1.11. The lowest BCUT2D eigenvalue weighted by Gasteiger charge is -2.30. The summed E-state index contributed by atoms with van der Waals surface area (Å²) in [6.45, 7) is 2.25. The molecule has 1 heterocycles. The molecule has 0 unspecified atom stereocenters. The predicted molar refractivity (Wildman–Crippen MR) is 171 cm³/mol. The maximum atomic E-state index is 13.0. The number of aromatic nitrogens is 2. The first-order chi connectivity index (χ1) is 20.0. The van der Waals surface area contributed by atoms with Crippen molar-refractivity contribution in [2.24, 2.45) is 0 Å². The number of benzene rings is 3. The number of carbonyl (C=O) groups is 1. The maximum absolute atomic E-state index is 13.0. The molecule has 41 heavy (non-hydrogen) atoms. The van der Waals surface area contributed by atoms with Crippen LogP contribution in [0.15, 0.2) is 72.8 Å². The molecule has 0 spiro atoms. The summed E-state index contributed by atoms with van der Waals surface area (Å²) in [6.07, 6.45) is 10.1. The number of amides is 1. The van der Waals surface area contributed by atoms with E-state index in [4.69, 9.17) is 9.97 Å². The molecule has 0 atom stereocenters. The topological polar surface area (TPSA) is 70.2 Å². The van der Waals surface area contributed by atoms with Crippen LogP contribution in [0.2, 0.25) is 0 Å². The summed E-state index contributed by atoms with van der Waals surface area (Å²) in [4.78, 5) is 24.6. The molecule has 1 amide bonds. The van der Waals surface area contributed by atoms with Gasteiger partial charge in [0.2, 0.25) is 5.95 Å². The molecule has 5 rings (SSSR count). The van der Waals surface area contributed by atoms with Gasteiger partial charge in [-0.25, -0.2) is 4.98 Å². The van der Waals surface area contributed by atoms with E-state index in [0.717, 1.165) is 54.4 Å². The molecule has 1 saturated carbocycles. The minimum absolute atomic E-state index is 0.00359. The fourth-order valence-electron chi connectivity index (χ4n) is 5.73. The van der Waals surface area contributed by atoms with Crippen LogP contribution < -0.4 is 15.5 Å². The Labute approximate surface area is 244 Å². The molecule has 0 saturated heterocycles. The SMILES string of the molecule is CCCCCCc1ccc(-c2ccc(C(=O)N[C@H]3CC[C@@H](Nc4nc(N(C)C)c5ccccc5n4)CC3)cc2)cc1. The zero-order chi connectivity index (χ0) is 28.6. The second-order valence-electron chi connectivity index (χ2n) is 11.5. The number of para-hydroxylation sites is 1. The summed E-state index contributed by atoms with van der Waals surface area (Å²) < 4.78 is 0. The van der Waals surface area contributed by atoms with E-state index in [9.17, 15) is 4.79 Å². The lowest BCUT2D eigenvalue weighted by molar-refractivity contribution is 0.0926. The number of hydrogen-bond donors (Lipinski definition) is 2. The van der Waals surface area contributed by atoms with E-state index in [2.05, 4.69) is 60.0 Å². The quantitative estimate of drug-likeness (QED) is 0.188. The van der Waals surface area contributed by atoms with Crippen LogP contribution in [0.5, 0.6) is 0 Å². The first-order valence-corrected chi connectivity index (χ1v) is 15.2. The fourth-order valence-corrected chi connectivity index (χ4v) is 5.73. The average Bonchev–Trinajstić information content (AvgIpc) is 3.00. The summed E-state index contributed by atoms with van der Waals surface area (Å²) in [5, 5.41) is 7.86. The van der Waals surface area contributed by atoms with Crippen LogP contribution in [0.3, 0.4) is 0 Å². The lowest BCUT2D eigenvalue weighted by atomic mass is 9.91. The molecule has 214 valence electrons. The van der Waals surface area contributed by atoms with Crippen molar-refractivity contribution in [3.05, 3.63) is 83.9 Å². The number of unbranched alkanes of at least 4 members (excludes halogenated alkanes) is 3. The van der Waals surface area contributed by atoms with Crippen molar-refractivity contribution in [2.75, 3.05) is 24.3 Å². The minimum atomic E-state index is 0.00359. The Morgan fingerprint density at radius 1 is 0.805 bits per heavy atom. The van der Waals surface area contributed by atoms with Crippen LogP contribution in [0, 0.1) is 0 Å². The van der Waals surface area contributed by atoms with E-state index in [1.807, 2.05) is 49.3 Å². The predicted octanol–water partition coefficient (Wildman–Crippen LogP) is 7.64. The largest absolute Gasteiger partial charge is 0.362 e. The highest BCUT2D eigenvalue weighted by Gasteiger charge is 2.24. The van der Waals surface area contributed by atoms with Crippen molar-refractivity contribution >= 4 is 28.6 Å². The monoisotopic (exact) mass is 549 g/mol. The van der Waals surface area contributed by atoms with Crippen molar-refractivity contribution in [1.29, 1.82) is 0 Å². The molecule has 4 aromatic rings. The van der Waals surface area contributed by atoms with Gasteiger partial charge in [0.15, 0.2) is 0 Å². The smallest absolute Gasteiger partial charge is 0.251 e. The maximum Gasteiger partial charge on any atom is 0.251 e. The number of rotatable bonds is 11. The van der Waals surface area contributed by atoms with Gasteiger partial charge < -0.3 is 15.5 Å². The van der Waals surface area contributed by atoms with Gasteiger partial charge in [-0.15, -0.1) is 0 Å². The summed E-state index contributed by atoms with van der Waals surface area (Å²) in [7, 11) is 4.01. The Morgan fingerprint density at radius 3 is 2.15 bits per heavy atom. The van der Waals surface area contributed by atoms with Crippen molar-refractivity contribution in [3.63, 3.8) is 0 Å². The number of carbonyl (C=O) groups excluding carboxylic acids is 1. The zero-order valence-corrected chi connectivity index (χ0v) is 24.7. The van der Waals surface area contributed by atoms with Crippen LogP contribution >= 0.6 is 0 Å². The molecule has 0 bridgehead atoms. The zero-order valence-electron chi connectivity index (χ0n) is 24.7. The highest BCUT2D eigenvalue weighted by atomic mass is 16.1. The van der Waals surface area contributed by atoms with E-state index >= 15 is 0 Å². The normalized spacial score (nSPS) is 16.9. The van der Waals surface area contributed by atoms with Gasteiger partial charge in [0.25, 0.3) is 5.91 Å². The molecule has 0 radical (unpaired) electrons. The summed E-state index contributed by atoms with van der Waals surface area (Å²) in [5.41, 5.74) is 5.37. The Bertz CT molecular complexity index is 1420. The van der Waals surface area contributed by atoms with Gasteiger partial charge in [0, 0.05) is 37.1 Å². The highest BCUT2D eigenvalue weighted by molar-refractivity contribution is 5.95. The number of nitrogens with one attached hydrogen (secondary N) is 2. The second-order valence-corrected chi connectivity index (χ2v) is 11.5. The number of anilines is 2. The molecule has 6 nitrogen and oxygen atoms in total.